The molecule has 0 aliphatic carbocycles. The molecule has 3 heterocycles. The van der Waals surface area contributed by atoms with E-state index < -0.39 is 41.0 Å². The molecule has 3 aromatic heterocycles. The highest BCUT2D eigenvalue weighted by Gasteiger charge is 2.37. The van der Waals surface area contributed by atoms with Crippen LogP contribution in [-0.2, 0) is 12.4 Å². The lowest BCUT2D eigenvalue weighted by Crippen LogP contribution is -2.29. The van der Waals surface area contributed by atoms with Gasteiger partial charge in [-0.05, 0) is 25.1 Å². The van der Waals surface area contributed by atoms with Gasteiger partial charge in [0.05, 0.1) is 29.6 Å². The molecule has 35 heavy (non-hydrogen) atoms. The summed E-state index contributed by atoms with van der Waals surface area (Å²) in [5.41, 5.74) is -3.69. The van der Waals surface area contributed by atoms with Gasteiger partial charge in [0.25, 0.3) is 5.91 Å². The van der Waals surface area contributed by atoms with Crippen LogP contribution in [0.2, 0.25) is 0 Å². The predicted octanol–water partition coefficient (Wildman–Crippen LogP) is 4.24. The Morgan fingerprint density at radius 2 is 1.63 bits per heavy atom. The summed E-state index contributed by atoms with van der Waals surface area (Å²) in [7, 11) is 0. The topological polar surface area (TPSA) is 112 Å². The molecular weight excluding hydrogens is 484 g/mol. The van der Waals surface area contributed by atoms with Crippen molar-refractivity contribution >= 4 is 5.91 Å². The van der Waals surface area contributed by atoms with Gasteiger partial charge in [0.2, 0.25) is 5.89 Å². The zero-order valence-electron chi connectivity index (χ0n) is 17.5. The van der Waals surface area contributed by atoms with Gasteiger partial charge >= 0.3 is 12.4 Å². The second-order valence-electron chi connectivity index (χ2n) is 7.11. The lowest BCUT2D eigenvalue weighted by atomic mass is 10.0. The highest BCUT2D eigenvalue weighted by atomic mass is 19.4. The Bertz CT molecular complexity index is 1320. The normalized spacial score (nSPS) is 13.0. The van der Waals surface area contributed by atoms with Crippen LogP contribution in [0.25, 0.3) is 17.4 Å². The molecule has 0 saturated carbocycles. The smallest absolute Gasteiger partial charge is 0.416 e. The summed E-state index contributed by atoms with van der Waals surface area (Å²) in [4.78, 5) is 25.9. The largest absolute Gasteiger partial charge is 0.443 e. The van der Waals surface area contributed by atoms with Crippen LogP contribution < -0.4 is 5.32 Å². The molecule has 0 saturated heterocycles. The van der Waals surface area contributed by atoms with Gasteiger partial charge in [-0.2, -0.15) is 31.4 Å². The number of nitrogens with one attached hydrogen (secondary N) is 1. The summed E-state index contributed by atoms with van der Waals surface area (Å²) in [5.74, 6) is -0.953. The Balaban J connectivity index is 1.63. The predicted molar refractivity (Wildman–Crippen MR) is 105 cm³/mol. The van der Waals surface area contributed by atoms with E-state index in [1.807, 2.05) is 0 Å². The number of benzene rings is 1. The molecule has 0 fully saturated rings. The van der Waals surface area contributed by atoms with Crippen LogP contribution in [0.3, 0.4) is 0 Å². The Kier molecular flexibility index (Phi) is 6.00. The fourth-order valence-corrected chi connectivity index (χ4v) is 3.05. The maximum atomic E-state index is 13.1. The molecule has 1 N–H and O–H groups in total. The van der Waals surface area contributed by atoms with E-state index in [1.54, 1.807) is 0 Å². The summed E-state index contributed by atoms with van der Waals surface area (Å²) in [6.07, 6.45) is -3.53. The molecule has 9 nitrogen and oxygen atoms in total. The number of rotatable bonds is 5. The molecule has 15 heteroatoms. The van der Waals surface area contributed by atoms with E-state index in [1.165, 1.54) is 38.0 Å². The van der Waals surface area contributed by atoms with E-state index in [0.29, 0.717) is 12.1 Å². The van der Waals surface area contributed by atoms with Crippen LogP contribution >= 0.6 is 0 Å². The van der Waals surface area contributed by atoms with Crippen LogP contribution in [0.15, 0.2) is 53.7 Å². The van der Waals surface area contributed by atoms with E-state index >= 15 is 0 Å². The first kappa shape index (κ1) is 23.8. The zero-order chi connectivity index (χ0) is 25.4. The van der Waals surface area contributed by atoms with Crippen molar-refractivity contribution in [2.75, 3.05) is 0 Å². The minimum Gasteiger partial charge on any atom is -0.443 e. The van der Waals surface area contributed by atoms with Gasteiger partial charge in [-0.1, -0.05) is 0 Å². The maximum Gasteiger partial charge on any atom is 0.416 e. The van der Waals surface area contributed by atoms with Crippen molar-refractivity contribution < 1.29 is 35.6 Å². The summed E-state index contributed by atoms with van der Waals surface area (Å²) in [6, 6.07) is -0.388. The molecule has 182 valence electrons. The Morgan fingerprint density at radius 1 is 0.971 bits per heavy atom. The number of amides is 1. The van der Waals surface area contributed by atoms with Crippen molar-refractivity contribution in [1.82, 2.24) is 35.3 Å². The minimum atomic E-state index is -5.09. The monoisotopic (exact) mass is 497 g/mol. The van der Waals surface area contributed by atoms with E-state index in [2.05, 4.69) is 30.5 Å². The van der Waals surface area contributed by atoms with Crippen molar-refractivity contribution in [2.45, 2.75) is 25.3 Å². The van der Waals surface area contributed by atoms with Crippen LogP contribution in [0.5, 0.6) is 0 Å². The molecule has 0 bridgehead atoms. The Labute approximate surface area is 191 Å². The first-order valence-electron chi connectivity index (χ1n) is 9.67. The number of oxazole rings is 1. The fourth-order valence-electron chi connectivity index (χ4n) is 3.05. The molecule has 1 aromatic carbocycles. The van der Waals surface area contributed by atoms with E-state index in [9.17, 15) is 31.1 Å². The zero-order valence-corrected chi connectivity index (χ0v) is 17.5. The van der Waals surface area contributed by atoms with Crippen molar-refractivity contribution in [3.05, 3.63) is 71.6 Å². The second-order valence-corrected chi connectivity index (χ2v) is 7.11. The van der Waals surface area contributed by atoms with Gasteiger partial charge in [0.15, 0.2) is 11.5 Å². The minimum absolute atomic E-state index is 0.0538. The third-order valence-corrected chi connectivity index (χ3v) is 4.65. The van der Waals surface area contributed by atoms with E-state index in [4.69, 9.17) is 4.42 Å². The van der Waals surface area contributed by atoms with Gasteiger partial charge in [-0.25, -0.2) is 9.97 Å². The Morgan fingerprint density at radius 3 is 2.23 bits per heavy atom. The first-order chi connectivity index (χ1) is 16.4. The highest BCUT2D eigenvalue weighted by Crippen LogP contribution is 2.36. The van der Waals surface area contributed by atoms with Crippen molar-refractivity contribution in [1.29, 1.82) is 0 Å². The van der Waals surface area contributed by atoms with Crippen molar-refractivity contribution in [3.8, 4) is 17.4 Å². The number of aromatic nitrogens is 6. The van der Waals surface area contributed by atoms with E-state index in [0.717, 1.165) is 4.80 Å². The summed E-state index contributed by atoms with van der Waals surface area (Å²) >= 11 is 0. The third-order valence-electron chi connectivity index (χ3n) is 4.65. The highest BCUT2D eigenvalue weighted by molar-refractivity contribution is 5.95. The van der Waals surface area contributed by atoms with E-state index in [-0.39, 0.29) is 29.2 Å². The van der Waals surface area contributed by atoms with Crippen LogP contribution in [0.4, 0.5) is 26.3 Å². The third kappa shape index (κ3) is 5.12. The molecule has 1 amide bonds. The number of nitrogens with zero attached hydrogens (tertiary/aromatic N) is 6. The average molecular weight is 497 g/mol. The lowest BCUT2D eigenvalue weighted by molar-refractivity contribution is -0.143. The van der Waals surface area contributed by atoms with Crippen molar-refractivity contribution in [2.24, 2.45) is 0 Å². The fraction of sp³-hybridized carbons (Fsp3) is 0.200. The molecule has 4 aromatic rings. The number of halogens is 6. The molecule has 0 radical (unpaired) electrons. The SMILES string of the molecule is CC(NC(=O)c1cc(C(F)(F)F)cc(C(F)(F)F)c1)c1nccnc1-n1ncc(-c2ncco2)n1. The van der Waals surface area contributed by atoms with Gasteiger partial charge in [0.1, 0.15) is 12.0 Å². The summed E-state index contributed by atoms with van der Waals surface area (Å²) in [6.45, 7) is 1.42. The van der Waals surface area contributed by atoms with Crippen molar-refractivity contribution in [3.63, 3.8) is 0 Å². The first-order valence-corrected chi connectivity index (χ1v) is 9.67. The molecule has 0 aliphatic heterocycles. The molecule has 1 atom stereocenters. The molecule has 0 spiro atoms. The number of carbonyl (C=O) groups excluding carboxylic acids is 1. The Hall–Kier alpha value is -4.30. The molecule has 0 aliphatic rings. The second kappa shape index (κ2) is 8.81. The van der Waals surface area contributed by atoms with Crippen LogP contribution in [0.1, 0.15) is 40.1 Å². The maximum absolute atomic E-state index is 13.1. The lowest BCUT2D eigenvalue weighted by Gasteiger charge is -2.17. The number of alkyl halides is 6. The van der Waals surface area contributed by atoms with Crippen LogP contribution in [-0.4, -0.2) is 35.9 Å². The number of hydrogen-bond donors (Lipinski definition) is 1. The molecule has 4 rings (SSSR count). The summed E-state index contributed by atoms with van der Waals surface area (Å²) < 4.78 is 83.9. The quantitative estimate of drug-likeness (QED) is 0.411. The van der Waals surface area contributed by atoms with Gasteiger partial charge in [0, 0.05) is 18.0 Å². The number of hydrogen-bond acceptors (Lipinski definition) is 7. The van der Waals surface area contributed by atoms with Gasteiger partial charge in [-0.15, -0.1) is 9.90 Å². The van der Waals surface area contributed by atoms with Gasteiger partial charge in [-0.3, -0.25) is 9.78 Å². The molecular formula is C20H13F6N7O2. The average Bonchev–Trinajstić information content (AvgIpc) is 3.49. The van der Waals surface area contributed by atoms with Gasteiger partial charge < -0.3 is 9.73 Å². The number of carbonyl (C=O) groups is 1. The standard InChI is InChI=1S/C20H13F6N7O2/c1-10(31-17(34)11-6-12(19(21,22)23)8-13(7-11)20(24,25)26)15-16(28-3-2-27-15)33-30-9-14(32-33)18-29-4-5-35-18/h2-10H,1H3,(H,31,34). The molecule has 1 unspecified atom stereocenters. The van der Waals surface area contributed by atoms with Crippen LogP contribution in [0, 0.1) is 0 Å². The summed E-state index contributed by atoms with van der Waals surface area (Å²) in [5, 5.41) is 10.5.